The standard InChI is InChI=1S/C23H30N2O4/c1-14-3-5-19(6-4-14)25-21(27)15(2)29-20(26)13-24-22(28)23-10-16-7-17(11-23)9-18(8-16)12-23/h3-6,15-18H,7-13H2,1-2H3,(H,24,28)(H,25,27)/t15-,16?,17?,18?,23?/m0/s1. The van der Waals surface area contributed by atoms with Gasteiger partial charge in [-0.05, 0) is 82.3 Å². The van der Waals surface area contributed by atoms with Crippen LogP contribution in [0.3, 0.4) is 0 Å². The van der Waals surface area contributed by atoms with E-state index in [1.807, 2.05) is 19.1 Å². The largest absolute Gasteiger partial charge is 0.451 e. The normalized spacial score (nSPS) is 30.5. The van der Waals surface area contributed by atoms with Gasteiger partial charge in [0, 0.05) is 11.1 Å². The molecule has 4 aliphatic carbocycles. The highest BCUT2D eigenvalue weighted by atomic mass is 16.5. The minimum Gasteiger partial charge on any atom is -0.451 e. The van der Waals surface area contributed by atoms with Crippen LogP contribution in [0.5, 0.6) is 0 Å². The lowest BCUT2D eigenvalue weighted by Crippen LogP contribution is -2.54. The van der Waals surface area contributed by atoms with Crippen LogP contribution in [-0.2, 0) is 19.1 Å². The first kappa shape index (κ1) is 19.9. The summed E-state index contributed by atoms with van der Waals surface area (Å²) in [5.41, 5.74) is 1.46. The predicted molar refractivity (Wildman–Crippen MR) is 109 cm³/mol. The summed E-state index contributed by atoms with van der Waals surface area (Å²) in [6.45, 7) is 3.30. The maximum absolute atomic E-state index is 12.9. The highest BCUT2D eigenvalue weighted by Crippen LogP contribution is 2.60. The van der Waals surface area contributed by atoms with Crippen LogP contribution in [0.25, 0.3) is 0 Å². The summed E-state index contributed by atoms with van der Waals surface area (Å²) in [4.78, 5) is 37.3. The Kier molecular flexibility index (Phi) is 5.36. The van der Waals surface area contributed by atoms with E-state index >= 15 is 0 Å². The molecule has 4 aliphatic rings. The first-order valence-electron chi connectivity index (χ1n) is 10.7. The second-order valence-electron chi connectivity index (χ2n) is 9.37. The van der Waals surface area contributed by atoms with E-state index in [2.05, 4.69) is 10.6 Å². The number of anilines is 1. The number of carbonyl (C=O) groups is 3. The van der Waals surface area contributed by atoms with Gasteiger partial charge < -0.3 is 15.4 Å². The molecule has 4 bridgehead atoms. The van der Waals surface area contributed by atoms with Crippen molar-refractivity contribution in [3.63, 3.8) is 0 Å². The van der Waals surface area contributed by atoms with E-state index in [1.165, 1.54) is 26.2 Å². The maximum Gasteiger partial charge on any atom is 0.326 e. The molecule has 0 spiro atoms. The van der Waals surface area contributed by atoms with E-state index < -0.39 is 18.0 Å². The zero-order valence-corrected chi connectivity index (χ0v) is 17.2. The Morgan fingerprint density at radius 2 is 1.59 bits per heavy atom. The number of aryl methyl sites for hydroxylation is 1. The van der Waals surface area contributed by atoms with Crippen molar-refractivity contribution in [3.8, 4) is 0 Å². The number of benzene rings is 1. The average molecular weight is 399 g/mol. The summed E-state index contributed by atoms with van der Waals surface area (Å²) in [7, 11) is 0. The van der Waals surface area contributed by atoms with Crippen LogP contribution >= 0.6 is 0 Å². The Hall–Kier alpha value is -2.37. The molecule has 5 rings (SSSR count). The van der Waals surface area contributed by atoms with Crippen LogP contribution in [0.1, 0.15) is 51.0 Å². The van der Waals surface area contributed by atoms with Gasteiger partial charge in [-0.1, -0.05) is 17.7 Å². The number of esters is 1. The van der Waals surface area contributed by atoms with Crippen LogP contribution in [0.2, 0.25) is 0 Å². The SMILES string of the molecule is Cc1ccc(NC(=O)[C@H](C)OC(=O)CNC(=O)C23CC4CC(CC(C4)C2)C3)cc1. The van der Waals surface area contributed by atoms with Crippen molar-refractivity contribution in [2.75, 3.05) is 11.9 Å². The van der Waals surface area contributed by atoms with Crippen molar-refractivity contribution < 1.29 is 19.1 Å². The molecule has 0 radical (unpaired) electrons. The van der Waals surface area contributed by atoms with E-state index in [0.29, 0.717) is 23.4 Å². The summed E-state index contributed by atoms with van der Waals surface area (Å²) < 4.78 is 5.21. The second-order valence-corrected chi connectivity index (χ2v) is 9.37. The van der Waals surface area contributed by atoms with Gasteiger partial charge in [-0.2, -0.15) is 0 Å². The Labute approximate surface area is 171 Å². The molecule has 29 heavy (non-hydrogen) atoms. The van der Waals surface area contributed by atoms with Gasteiger partial charge in [-0.3, -0.25) is 14.4 Å². The van der Waals surface area contributed by atoms with Crippen molar-refractivity contribution in [1.82, 2.24) is 5.32 Å². The summed E-state index contributed by atoms with van der Waals surface area (Å²) in [6, 6.07) is 7.39. The zero-order valence-electron chi connectivity index (χ0n) is 17.2. The van der Waals surface area contributed by atoms with Gasteiger partial charge >= 0.3 is 5.97 Å². The molecule has 0 aromatic heterocycles. The van der Waals surface area contributed by atoms with E-state index in [9.17, 15) is 14.4 Å². The minimum absolute atomic E-state index is 0.00897. The van der Waals surface area contributed by atoms with Gasteiger partial charge in [-0.25, -0.2) is 0 Å². The Morgan fingerprint density at radius 3 is 2.14 bits per heavy atom. The van der Waals surface area contributed by atoms with Crippen LogP contribution in [-0.4, -0.2) is 30.4 Å². The summed E-state index contributed by atoms with van der Waals surface area (Å²) in [5, 5.41) is 5.52. The van der Waals surface area contributed by atoms with Gasteiger partial charge in [0.2, 0.25) is 5.91 Å². The first-order chi connectivity index (χ1) is 13.8. The molecule has 2 amide bonds. The number of rotatable bonds is 6. The molecule has 1 aromatic carbocycles. The molecule has 0 aliphatic heterocycles. The van der Waals surface area contributed by atoms with Crippen molar-refractivity contribution in [3.05, 3.63) is 29.8 Å². The zero-order chi connectivity index (χ0) is 20.6. The van der Waals surface area contributed by atoms with E-state index in [-0.39, 0.29) is 17.9 Å². The lowest BCUT2D eigenvalue weighted by Gasteiger charge is -2.55. The van der Waals surface area contributed by atoms with Gasteiger partial charge in [0.25, 0.3) is 5.91 Å². The molecule has 4 saturated carbocycles. The number of hydrogen-bond donors (Lipinski definition) is 2. The van der Waals surface area contributed by atoms with Crippen molar-refractivity contribution in [1.29, 1.82) is 0 Å². The Morgan fingerprint density at radius 1 is 1.03 bits per heavy atom. The third-order valence-corrected chi connectivity index (χ3v) is 6.91. The molecule has 1 aromatic rings. The van der Waals surface area contributed by atoms with Crippen LogP contribution < -0.4 is 10.6 Å². The van der Waals surface area contributed by atoms with Crippen molar-refractivity contribution in [2.45, 2.75) is 58.5 Å². The molecule has 6 heteroatoms. The average Bonchev–Trinajstić information content (AvgIpc) is 2.66. The number of ether oxygens (including phenoxy) is 1. The topological polar surface area (TPSA) is 84.5 Å². The fourth-order valence-electron chi connectivity index (χ4n) is 5.90. The van der Waals surface area contributed by atoms with Crippen molar-refractivity contribution in [2.24, 2.45) is 23.2 Å². The van der Waals surface area contributed by atoms with E-state index in [0.717, 1.165) is 24.8 Å². The Balaban J connectivity index is 1.25. The quantitative estimate of drug-likeness (QED) is 0.721. The minimum atomic E-state index is -0.930. The lowest BCUT2D eigenvalue weighted by molar-refractivity contribution is -0.155. The number of hydrogen-bond acceptors (Lipinski definition) is 4. The molecule has 4 fully saturated rings. The summed E-state index contributed by atoms with van der Waals surface area (Å²) in [6.07, 6.45) is 5.73. The van der Waals surface area contributed by atoms with Crippen LogP contribution in [0.15, 0.2) is 24.3 Å². The number of carbonyl (C=O) groups excluding carboxylic acids is 3. The molecule has 2 N–H and O–H groups in total. The van der Waals surface area contributed by atoms with Crippen molar-refractivity contribution >= 4 is 23.5 Å². The monoisotopic (exact) mass is 398 g/mol. The molecule has 1 atom stereocenters. The van der Waals surface area contributed by atoms with Crippen LogP contribution in [0.4, 0.5) is 5.69 Å². The Bertz CT molecular complexity index is 766. The van der Waals surface area contributed by atoms with Gasteiger partial charge in [-0.15, -0.1) is 0 Å². The van der Waals surface area contributed by atoms with Crippen LogP contribution in [0, 0.1) is 30.1 Å². The first-order valence-corrected chi connectivity index (χ1v) is 10.7. The molecule has 6 nitrogen and oxygen atoms in total. The summed E-state index contributed by atoms with van der Waals surface area (Å²) >= 11 is 0. The molecule has 0 heterocycles. The smallest absolute Gasteiger partial charge is 0.326 e. The fourth-order valence-corrected chi connectivity index (χ4v) is 5.90. The van der Waals surface area contributed by atoms with Gasteiger partial charge in [0.05, 0.1) is 0 Å². The predicted octanol–water partition coefficient (Wildman–Crippen LogP) is 3.20. The third kappa shape index (κ3) is 4.31. The van der Waals surface area contributed by atoms with E-state index in [4.69, 9.17) is 4.74 Å². The molecular weight excluding hydrogens is 368 g/mol. The number of amides is 2. The number of nitrogens with one attached hydrogen (secondary N) is 2. The molecule has 0 saturated heterocycles. The summed E-state index contributed by atoms with van der Waals surface area (Å²) in [5.74, 6) is 1.02. The van der Waals surface area contributed by atoms with Gasteiger partial charge in [0.1, 0.15) is 6.54 Å². The third-order valence-electron chi connectivity index (χ3n) is 6.91. The second kappa shape index (κ2) is 7.81. The van der Waals surface area contributed by atoms with Gasteiger partial charge in [0.15, 0.2) is 6.10 Å². The maximum atomic E-state index is 12.9. The fraction of sp³-hybridized carbons (Fsp3) is 0.609. The van der Waals surface area contributed by atoms with E-state index in [1.54, 1.807) is 12.1 Å². The highest BCUT2D eigenvalue weighted by Gasteiger charge is 2.54. The molecule has 0 unspecified atom stereocenters. The highest BCUT2D eigenvalue weighted by molar-refractivity contribution is 5.95. The lowest BCUT2D eigenvalue weighted by atomic mass is 9.49. The molecular formula is C23H30N2O4. The molecule has 156 valence electrons.